The van der Waals surface area contributed by atoms with E-state index in [2.05, 4.69) is 5.32 Å². The van der Waals surface area contributed by atoms with Gasteiger partial charge in [-0.25, -0.2) is 0 Å². The van der Waals surface area contributed by atoms with Gasteiger partial charge in [-0.3, -0.25) is 9.59 Å². The Morgan fingerprint density at radius 2 is 1.80 bits per heavy atom. The van der Waals surface area contributed by atoms with Crippen LogP contribution in [0.2, 0.25) is 5.02 Å². The summed E-state index contributed by atoms with van der Waals surface area (Å²) in [7, 11) is 0. The van der Waals surface area contributed by atoms with Gasteiger partial charge in [0, 0.05) is 23.4 Å². The highest BCUT2D eigenvalue weighted by atomic mass is 35.5. The molecule has 0 aromatic heterocycles. The van der Waals surface area contributed by atoms with Crippen LogP contribution in [-0.2, 0) is 21.9 Å². The SMILES string of the molecule is CCC(C(=O)NC(C)C)N(Cc1ccc(C)cc1)C(=O)CSCc1cccc(Cl)c1. The lowest BCUT2D eigenvalue weighted by Crippen LogP contribution is -2.50. The van der Waals surface area contributed by atoms with Crippen LogP contribution in [0.3, 0.4) is 0 Å². The number of carbonyl (C=O) groups is 2. The number of halogens is 1. The van der Waals surface area contributed by atoms with E-state index in [1.54, 1.807) is 4.90 Å². The second-order valence-corrected chi connectivity index (χ2v) is 9.14. The second kappa shape index (κ2) is 12.0. The van der Waals surface area contributed by atoms with Crippen molar-refractivity contribution in [2.24, 2.45) is 0 Å². The van der Waals surface area contributed by atoms with Gasteiger partial charge in [0.1, 0.15) is 6.04 Å². The first-order valence-electron chi connectivity index (χ1n) is 10.3. The largest absolute Gasteiger partial charge is 0.352 e. The van der Waals surface area contributed by atoms with Crippen LogP contribution in [0.4, 0.5) is 0 Å². The van der Waals surface area contributed by atoms with E-state index in [0.29, 0.717) is 29.5 Å². The van der Waals surface area contributed by atoms with Gasteiger partial charge in [0.25, 0.3) is 0 Å². The molecule has 0 heterocycles. The number of hydrogen-bond donors (Lipinski definition) is 1. The molecule has 2 aromatic carbocycles. The molecule has 0 aliphatic rings. The quantitative estimate of drug-likeness (QED) is 0.544. The molecule has 162 valence electrons. The molecule has 1 N–H and O–H groups in total. The summed E-state index contributed by atoms with van der Waals surface area (Å²) >= 11 is 7.58. The number of hydrogen-bond acceptors (Lipinski definition) is 3. The number of carbonyl (C=O) groups excluding carboxylic acids is 2. The summed E-state index contributed by atoms with van der Waals surface area (Å²) in [5.74, 6) is 0.866. The van der Waals surface area contributed by atoms with E-state index in [1.807, 2.05) is 76.2 Å². The van der Waals surface area contributed by atoms with Gasteiger partial charge in [-0.1, -0.05) is 60.5 Å². The maximum Gasteiger partial charge on any atom is 0.243 e. The minimum Gasteiger partial charge on any atom is -0.352 e. The monoisotopic (exact) mass is 446 g/mol. The second-order valence-electron chi connectivity index (χ2n) is 7.72. The van der Waals surface area contributed by atoms with Gasteiger partial charge >= 0.3 is 0 Å². The van der Waals surface area contributed by atoms with Gasteiger partial charge in [0.05, 0.1) is 5.75 Å². The van der Waals surface area contributed by atoms with Gasteiger partial charge in [0.2, 0.25) is 11.8 Å². The Morgan fingerprint density at radius 1 is 1.10 bits per heavy atom. The smallest absolute Gasteiger partial charge is 0.243 e. The fraction of sp³-hybridized carbons (Fsp3) is 0.417. The summed E-state index contributed by atoms with van der Waals surface area (Å²) in [5, 5.41) is 3.65. The summed E-state index contributed by atoms with van der Waals surface area (Å²) in [6.07, 6.45) is 0.565. The highest BCUT2D eigenvalue weighted by Crippen LogP contribution is 2.19. The molecule has 2 rings (SSSR count). The number of nitrogens with zero attached hydrogens (tertiary/aromatic N) is 1. The summed E-state index contributed by atoms with van der Waals surface area (Å²) < 4.78 is 0. The molecule has 6 heteroatoms. The Kier molecular flexibility index (Phi) is 9.73. The van der Waals surface area contributed by atoms with E-state index < -0.39 is 6.04 Å². The third-order valence-electron chi connectivity index (χ3n) is 4.67. The lowest BCUT2D eigenvalue weighted by atomic mass is 10.1. The Bertz CT molecular complexity index is 839. The normalized spacial score (nSPS) is 11.9. The zero-order valence-electron chi connectivity index (χ0n) is 18.2. The molecule has 2 aromatic rings. The van der Waals surface area contributed by atoms with Crippen LogP contribution in [-0.4, -0.2) is 34.6 Å². The number of nitrogens with one attached hydrogen (secondary N) is 1. The number of amides is 2. The average Bonchev–Trinajstić information content (AvgIpc) is 2.68. The molecular formula is C24H31ClN2O2S. The maximum absolute atomic E-state index is 13.2. The minimum absolute atomic E-state index is 0.0279. The van der Waals surface area contributed by atoms with Crippen molar-refractivity contribution >= 4 is 35.2 Å². The molecule has 0 aliphatic carbocycles. The van der Waals surface area contributed by atoms with Crippen molar-refractivity contribution in [2.75, 3.05) is 5.75 Å². The van der Waals surface area contributed by atoms with Crippen molar-refractivity contribution in [1.29, 1.82) is 0 Å². The Labute approximate surface area is 189 Å². The maximum atomic E-state index is 13.2. The van der Waals surface area contributed by atoms with E-state index in [1.165, 1.54) is 17.3 Å². The molecule has 1 atom stereocenters. The van der Waals surface area contributed by atoms with Crippen LogP contribution in [0.1, 0.15) is 43.9 Å². The van der Waals surface area contributed by atoms with Crippen molar-refractivity contribution in [3.05, 3.63) is 70.2 Å². The Morgan fingerprint density at radius 3 is 2.40 bits per heavy atom. The Balaban J connectivity index is 2.12. The first-order chi connectivity index (χ1) is 14.3. The molecule has 0 saturated carbocycles. The van der Waals surface area contributed by atoms with Gasteiger partial charge in [-0.2, -0.15) is 0 Å². The highest BCUT2D eigenvalue weighted by molar-refractivity contribution is 7.99. The molecule has 4 nitrogen and oxygen atoms in total. The van der Waals surface area contributed by atoms with Crippen LogP contribution in [0.5, 0.6) is 0 Å². The average molecular weight is 447 g/mol. The van der Waals surface area contributed by atoms with Crippen LogP contribution in [0.15, 0.2) is 48.5 Å². The molecule has 0 aliphatic heterocycles. The van der Waals surface area contributed by atoms with Crippen molar-refractivity contribution < 1.29 is 9.59 Å². The standard InChI is InChI=1S/C24H31ClN2O2S/c1-5-22(24(29)26-17(2)3)27(14-19-11-9-18(4)10-12-19)23(28)16-30-15-20-7-6-8-21(25)13-20/h6-13,17,22H,5,14-16H2,1-4H3,(H,26,29). The topological polar surface area (TPSA) is 49.4 Å². The fourth-order valence-electron chi connectivity index (χ4n) is 3.16. The molecule has 1 unspecified atom stereocenters. The lowest BCUT2D eigenvalue weighted by Gasteiger charge is -2.31. The van der Waals surface area contributed by atoms with E-state index in [0.717, 1.165) is 11.1 Å². The molecule has 0 spiro atoms. The molecule has 0 bridgehead atoms. The highest BCUT2D eigenvalue weighted by Gasteiger charge is 2.28. The van der Waals surface area contributed by atoms with Crippen LogP contribution in [0, 0.1) is 6.92 Å². The first-order valence-corrected chi connectivity index (χ1v) is 11.8. The first kappa shape index (κ1) is 24.3. The van der Waals surface area contributed by atoms with E-state index in [9.17, 15) is 9.59 Å². The van der Waals surface area contributed by atoms with Gasteiger partial charge in [-0.15, -0.1) is 11.8 Å². The number of benzene rings is 2. The van der Waals surface area contributed by atoms with Gasteiger partial charge in [0.15, 0.2) is 0 Å². The van der Waals surface area contributed by atoms with Crippen molar-refractivity contribution in [3.8, 4) is 0 Å². The van der Waals surface area contributed by atoms with Gasteiger partial charge < -0.3 is 10.2 Å². The van der Waals surface area contributed by atoms with Gasteiger partial charge in [-0.05, 0) is 50.5 Å². The molecule has 0 fully saturated rings. The van der Waals surface area contributed by atoms with Crippen LogP contribution < -0.4 is 5.32 Å². The number of thioether (sulfide) groups is 1. The lowest BCUT2D eigenvalue weighted by molar-refractivity contribution is -0.139. The van der Waals surface area contributed by atoms with Crippen LogP contribution >= 0.6 is 23.4 Å². The minimum atomic E-state index is -0.493. The van der Waals surface area contributed by atoms with Crippen LogP contribution in [0.25, 0.3) is 0 Å². The molecule has 0 saturated heterocycles. The number of aryl methyl sites for hydroxylation is 1. The van der Waals surface area contributed by atoms with E-state index in [4.69, 9.17) is 11.6 Å². The number of rotatable bonds is 10. The molecule has 0 radical (unpaired) electrons. The Hall–Kier alpha value is -1.98. The third kappa shape index (κ3) is 7.69. The zero-order chi connectivity index (χ0) is 22.1. The van der Waals surface area contributed by atoms with E-state index >= 15 is 0 Å². The summed E-state index contributed by atoms with van der Waals surface area (Å²) in [6.45, 7) is 8.25. The molecular weight excluding hydrogens is 416 g/mol. The predicted molar refractivity (Wildman–Crippen MR) is 127 cm³/mol. The van der Waals surface area contributed by atoms with Crippen molar-refractivity contribution in [3.63, 3.8) is 0 Å². The molecule has 30 heavy (non-hydrogen) atoms. The summed E-state index contributed by atoms with van der Waals surface area (Å²) in [5.41, 5.74) is 3.26. The van der Waals surface area contributed by atoms with Crippen molar-refractivity contribution in [1.82, 2.24) is 10.2 Å². The summed E-state index contributed by atoms with van der Waals surface area (Å²) in [6, 6.07) is 15.3. The third-order valence-corrected chi connectivity index (χ3v) is 5.90. The fourth-order valence-corrected chi connectivity index (χ4v) is 4.23. The predicted octanol–water partition coefficient (Wildman–Crippen LogP) is 5.21. The van der Waals surface area contributed by atoms with Crippen molar-refractivity contribution in [2.45, 2.75) is 58.5 Å². The summed E-state index contributed by atoms with van der Waals surface area (Å²) in [4.78, 5) is 27.7. The van der Waals surface area contributed by atoms with E-state index in [-0.39, 0.29) is 17.9 Å². The zero-order valence-corrected chi connectivity index (χ0v) is 19.7. The molecule has 2 amide bonds.